The number of nitrogens with one attached hydrogen (secondary N) is 1. The van der Waals surface area contributed by atoms with Gasteiger partial charge in [-0.1, -0.05) is 27.2 Å². The molecule has 4 atom stereocenters. The standard InChI is InChI=1S/C65H95N15O10S/c1-17-19-51(81)45-28-50-55(66-31-45)65(15,16)39-79(50)54(82)38-77-35-42(3)78(60(84)89-62(6,7)8)37-47(77)36-75-25-26-76(34-41(75)2)59-67-32-46(33-68-59)58(83)74-23-21-73(22-24-74)20-18-27-88-52-30-49-48(29-53(52)91(86,87)64(12,13)14)56(70-40-69-49)71-57-43(4)44(5)72-80(57)61(85)90-63(9,10)11/h28-33,40-42,47,51,81H,17-27,34-39H2,1-16H3,(H,69,70,71)/t41-,42?,47?,51?/m1/s1. The molecule has 0 bridgehead atoms. The van der Waals surface area contributed by atoms with Crippen molar-refractivity contribution in [1.29, 1.82) is 0 Å². The minimum atomic E-state index is -3.96. The van der Waals surface area contributed by atoms with Crippen LogP contribution >= 0.6 is 0 Å². The topological polar surface area (TPSA) is 267 Å². The summed E-state index contributed by atoms with van der Waals surface area (Å²) in [5.74, 6) is 1.10. The molecule has 25 nitrogen and oxygen atoms in total. The lowest BCUT2D eigenvalue weighted by Crippen LogP contribution is -2.65. The lowest BCUT2D eigenvalue weighted by Gasteiger charge is -2.48. The number of hydrogen-bond donors (Lipinski definition) is 2. The Labute approximate surface area is 536 Å². The number of carbonyl (C=O) groups excluding carboxylic acids is 4. The molecule has 0 aliphatic carbocycles. The zero-order valence-corrected chi connectivity index (χ0v) is 57.0. The van der Waals surface area contributed by atoms with E-state index in [4.69, 9.17) is 29.2 Å². The summed E-state index contributed by atoms with van der Waals surface area (Å²) in [6, 6.07) is 4.72. The van der Waals surface area contributed by atoms with Crippen LogP contribution in [-0.2, 0) is 29.5 Å². The summed E-state index contributed by atoms with van der Waals surface area (Å²) < 4.78 is 46.3. The number of amides is 3. The second kappa shape index (κ2) is 26.8. The van der Waals surface area contributed by atoms with E-state index in [0.29, 0.717) is 136 Å². The van der Waals surface area contributed by atoms with Crippen molar-refractivity contribution in [3.05, 3.63) is 71.2 Å². The molecule has 5 aromatic rings. The van der Waals surface area contributed by atoms with Crippen LogP contribution in [0.3, 0.4) is 0 Å². The third-order valence-corrected chi connectivity index (χ3v) is 19.9. The highest BCUT2D eigenvalue weighted by atomic mass is 32.2. The van der Waals surface area contributed by atoms with E-state index in [1.165, 1.54) is 12.4 Å². The van der Waals surface area contributed by atoms with Gasteiger partial charge >= 0.3 is 12.2 Å². The summed E-state index contributed by atoms with van der Waals surface area (Å²) in [7, 11) is -3.96. The Morgan fingerprint density at radius 2 is 1.48 bits per heavy atom. The number of hydrogen-bond acceptors (Lipinski definition) is 21. The number of pyridine rings is 1. The van der Waals surface area contributed by atoms with Gasteiger partial charge in [0.15, 0.2) is 9.84 Å². The molecule has 4 aromatic heterocycles. The zero-order valence-electron chi connectivity index (χ0n) is 56.2. The first-order chi connectivity index (χ1) is 42.6. The van der Waals surface area contributed by atoms with Crippen LogP contribution in [0.5, 0.6) is 5.75 Å². The first-order valence-corrected chi connectivity index (χ1v) is 33.4. The van der Waals surface area contributed by atoms with Gasteiger partial charge in [0.05, 0.1) is 52.2 Å². The molecule has 3 amide bonds. The van der Waals surface area contributed by atoms with Crippen LogP contribution in [0.25, 0.3) is 10.9 Å². The van der Waals surface area contributed by atoms with Crippen LogP contribution < -0.4 is 19.9 Å². The minimum Gasteiger partial charge on any atom is -0.492 e. The molecular formula is C65H95N15O10S. The first kappa shape index (κ1) is 68.2. The molecule has 8 heterocycles. The Kier molecular flexibility index (Phi) is 20.1. The summed E-state index contributed by atoms with van der Waals surface area (Å²) in [6.07, 6.45) is 6.58. The molecule has 4 aliphatic heterocycles. The van der Waals surface area contributed by atoms with Crippen LogP contribution in [0.1, 0.15) is 155 Å². The van der Waals surface area contributed by atoms with Crippen molar-refractivity contribution in [2.45, 2.75) is 181 Å². The fourth-order valence-electron chi connectivity index (χ4n) is 12.2. The van der Waals surface area contributed by atoms with Gasteiger partial charge in [0.2, 0.25) is 11.9 Å². The number of aromatic nitrogens is 7. The largest absolute Gasteiger partial charge is 0.492 e. The van der Waals surface area contributed by atoms with E-state index in [1.807, 2.05) is 57.4 Å². The van der Waals surface area contributed by atoms with Crippen molar-refractivity contribution in [3.8, 4) is 5.75 Å². The van der Waals surface area contributed by atoms with Gasteiger partial charge in [-0.2, -0.15) is 5.10 Å². The Morgan fingerprint density at radius 1 is 0.802 bits per heavy atom. The van der Waals surface area contributed by atoms with Crippen molar-refractivity contribution in [2.75, 3.05) is 107 Å². The molecule has 2 N–H and O–H groups in total. The Bertz CT molecular complexity index is 3590. The molecular weight excluding hydrogens is 1180 g/mol. The molecule has 26 heteroatoms. The monoisotopic (exact) mass is 1280 g/mol. The number of fused-ring (bicyclic) bond motifs is 2. The third kappa shape index (κ3) is 15.5. The SMILES string of the molecule is CCCC(O)c1cnc2c(c1)N(C(=O)CN1CC(C)N(C(=O)OC(C)(C)C)CC1CN1CCN(c3ncc(C(=O)N4CCN(CCCOc5cc6ncnc(Nc7c(C)c(C)nn7C(=O)OC(C)(C)C)c6cc5S(=O)(=O)C(C)(C)C)CC4)cn3)C[C@H]1C)CC2(C)C. The molecule has 3 fully saturated rings. The van der Waals surface area contributed by atoms with E-state index in [2.05, 4.69) is 60.8 Å². The second-order valence-corrected chi connectivity index (χ2v) is 31.2. The van der Waals surface area contributed by atoms with Gasteiger partial charge < -0.3 is 44.2 Å². The number of benzene rings is 1. The van der Waals surface area contributed by atoms with Crippen LogP contribution in [-0.4, -0.2) is 222 Å². The summed E-state index contributed by atoms with van der Waals surface area (Å²) in [6.45, 7) is 36.9. The Morgan fingerprint density at radius 3 is 2.13 bits per heavy atom. The molecule has 3 unspecified atom stereocenters. The van der Waals surface area contributed by atoms with Gasteiger partial charge in [-0.25, -0.2) is 37.9 Å². The van der Waals surface area contributed by atoms with E-state index in [0.717, 1.165) is 22.5 Å². The lowest BCUT2D eigenvalue weighted by atomic mass is 9.91. The number of carbonyl (C=O) groups is 4. The first-order valence-electron chi connectivity index (χ1n) is 31.9. The maximum absolute atomic E-state index is 14.6. The number of nitrogens with zero attached hydrogens (tertiary/aromatic N) is 14. The number of rotatable bonds is 17. The molecule has 0 saturated carbocycles. The minimum absolute atomic E-state index is 0.0116. The molecule has 0 radical (unpaired) electrons. The number of aliphatic hydroxyl groups is 1. The lowest BCUT2D eigenvalue weighted by molar-refractivity contribution is -0.121. The van der Waals surface area contributed by atoms with Crippen molar-refractivity contribution in [2.24, 2.45) is 0 Å². The maximum Gasteiger partial charge on any atom is 0.437 e. The number of aryl methyl sites for hydroxylation is 1. The van der Waals surface area contributed by atoms with Crippen LogP contribution in [0.2, 0.25) is 0 Å². The van der Waals surface area contributed by atoms with Crippen LogP contribution in [0, 0.1) is 13.8 Å². The van der Waals surface area contributed by atoms with Gasteiger partial charge in [0, 0.05) is 143 Å². The van der Waals surface area contributed by atoms with E-state index < -0.39 is 38.0 Å². The van der Waals surface area contributed by atoms with Gasteiger partial charge in [-0.15, -0.1) is 4.68 Å². The van der Waals surface area contributed by atoms with Crippen LogP contribution in [0.15, 0.2) is 48.0 Å². The fourth-order valence-corrected chi connectivity index (χ4v) is 13.5. The maximum atomic E-state index is 14.6. The number of anilines is 4. The van der Waals surface area contributed by atoms with E-state index >= 15 is 0 Å². The number of sulfone groups is 1. The zero-order chi connectivity index (χ0) is 66.3. The Balaban J connectivity index is 0.788. The van der Waals surface area contributed by atoms with Crippen molar-refractivity contribution >= 4 is 68.0 Å². The fraction of sp³-hybridized carbons (Fsp3) is 0.631. The normalized spacial score (nSPS) is 20.0. The number of aliphatic hydroxyl groups excluding tert-OH is 1. The second-order valence-electron chi connectivity index (χ2n) is 28.5. The Hall–Kier alpha value is -7.13. The van der Waals surface area contributed by atoms with Crippen LogP contribution in [0.4, 0.5) is 32.9 Å². The van der Waals surface area contributed by atoms with E-state index in [1.54, 1.807) is 78.0 Å². The molecule has 496 valence electrons. The molecule has 91 heavy (non-hydrogen) atoms. The van der Waals surface area contributed by atoms with Crippen molar-refractivity contribution < 1.29 is 46.9 Å². The van der Waals surface area contributed by atoms with Crippen molar-refractivity contribution in [3.63, 3.8) is 0 Å². The molecule has 9 rings (SSSR count). The quantitative estimate of drug-likeness (QED) is 0.0837. The summed E-state index contributed by atoms with van der Waals surface area (Å²) in [5.41, 5.74) is 2.57. The van der Waals surface area contributed by atoms with E-state index in [-0.39, 0.29) is 71.1 Å². The predicted molar refractivity (Wildman–Crippen MR) is 348 cm³/mol. The third-order valence-electron chi connectivity index (χ3n) is 17.4. The van der Waals surface area contributed by atoms with Gasteiger partial charge in [0.1, 0.15) is 39.8 Å². The molecule has 0 spiro atoms. The molecule has 3 saturated heterocycles. The number of ether oxygens (including phenoxy) is 3. The average Bonchev–Trinajstić information content (AvgIpc) is 1.74. The van der Waals surface area contributed by atoms with Gasteiger partial charge in [-0.05, 0) is 115 Å². The summed E-state index contributed by atoms with van der Waals surface area (Å²) in [4.78, 5) is 93.0. The predicted octanol–water partition coefficient (Wildman–Crippen LogP) is 7.93. The highest BCUT2D eigenvalue weighted by Gasteiger charge is 2.44. The summed E-state index contributed by atoms with van der Waals surface area (Å²) in [5, 5.41) is 18.9. The van der Waals surface area contributed by atoms with Gasteiger partial charge in [-0.3, -0.25) is 29.3 Å². The molecule has 4 aliphatic rings. The molecule has 1 aromatic carbocycles. The van der Waals surface area contributed by atoms with E-state index in [9.17, 15) is 32.7 Å². The van der Waals surface area contributed by atoms with Gasteiger partial charge in [0.25, 0.3) is 5.91 Å². The highest BCUT2D eigenvalue weighted by Crippen LogP contribution is 2.42. The van der Waals surface area contributed by atoms with Crippen molar-refractivity contribution in [1.82, 2.24) is 59.2 Å². The highest BCUT2D eigenvalue weighted by molar-refractivity contribution is 7.92. The summed E-state index contributed by atoms with van der Waals surface area (Å²) >= 11 is 0. The average molecular weight is 1280 g/mol. The smallest absolute Gasteiger partial charge is 0.437 e. The number of piperazine rings is 3.